The molecule has 104 valence electrons. The fourth-order valence-corrected chi connectivity index (χ4v) is 3.40. The number of hydrogen-bond acceptors (Lipinski definition) is 3. The van der Waals surface area contributed by atoms with E-state index in [1.165, 1.54) is 23.5 Å². The molecule has 5 heteroatoms. The number of furan rings is 1. The van der Waals surface area contributed by atoms with Crippen LogP contribution in [0.5, 0.6) is 0 Å². The van der Waals surface area contributed by atoms with Gasteiger partial charge in [-0.25, -0.2) is 4.39 Å². The smallest absolute Gasteiger partial charge is 0.137 e. The van der Waals surface area contributed by atoms with Gasteiger partial charge in [-0.1, -0.05) is 11.6 Å². The summed E-state index contributed by atoms with van der Waals surface area (Å²) >= 11 is 7.30. The van der Waals surface area contributed by atoms with Gasteiger partial charge in [-0.2, -0.15) is 0 Å². The van der Waals surface area contributed by atoms with Crippen LogP contribution in [0.3, 0.4) is 0 Å². The molecule has 2 nitrogen and oxygen atoms in total. The van der Waals surface area contributed by atoms with Crippen molar-refractivity contribution in [3.63, 3.8) is 0 Å². The summed E-state index contributed by atoms with van der Waals surface area (Å²) < 4.78 is 19.6. The van der Waals surface area contributed by atoms with E-state index in [9.17, 15) is 9.50 Å². The summed E-state index contributed by atoms with van der Waals surface area (Å²) in [6.07, 6.45) is -0.333. The van der Waals surface area contributed by atoms with Crippen molar-refractivity contribution in [1.82, 2.24) is 0 Å². The van der Waals surface area contributed by atoms with E-state index in [4.69, 9.17) is 16.0 Å². The van der Waals surface area contributed by atoms with Crippen LogP contribution in [0.4, 0.5) is 4.39 Å². The second kappa shape index (κ2) is 5.20. The van der Waals surface area contributed by atoms with Gasteiger partial charge in [-0.15, -0.1) is 11.3 Å². The summed E-state index contributed by atoms with van der Waals surface area (Å²) in [4.78, 5) is 0.980. The summed E-state index contributed by atoms with van der Waals surface area (Å²) in [7, 11) is 0. The van der Waals surface area contributed by atoms with Gasteiger partial charge in [-0.3, -0.25) is 0 Å². The number of fused-ring (bicyclic) bond motifs is 1. The first-order valence-electron chi connectivity index (χ1n) is 6.15. The van der Waals surface area contributed by atoms with Gasteiger partial charge in [0.05, 0.1) is 4.34 Å². The average Bonchev–Trinajstić information content (AvgIpc) is 2.94. The quantitative estimate of drug-likeness (QED) is 0.748. The third kappa shape index (κ3) is 2.46. The number of thiophene rings is 1. The normalized spacial score (nSPS) is 13.0. The number of rotatable bonds is 3. The Morgan fingerprint density at radius 1 is 1.35 bits per heavy atom. The van der Waals surface area contributed by atoms with E-state index in [1.54, 1.807) is 12.1 Å². The van der Waals surface area contributed by atoms with Gasteiger partial charge in [-0.05, 0) is 37.3 Å². The number of halogens is 2. The maximum atomic E-state index is 13.3. The van der Waals surface area contributed by atoms with E-state index >= 15 is 0 Å². The number of hydrogen-bond donors (Lipinski definition) is 1. The first kappa shape index (κ1) is 13.6. The lowest BCUT2D eigenvalue weighted by Crippen LogP contribution is -2.00. The van der Waals surface area contributed by atoms with Crippen LogP contribution >= 0.6 is 22.9 Å². The standard InChI is InChI=1S/C15H12ClFO2S/c1-8-11-6-9(17)2-4-13(11)19-15(8)12(18)7-10-3-5-14(16)20-10/h2-6,12,18H,7H2,1H3. The summed E-state index contributed by atoms with van der Waals surface area (Å²) in [6, 6.07) is 8.03. The highest BCUT2D eigenvalue weighted by Gasteiger charge is 2.19. The molecule has 0 aliphatic carbocycles. The Hall–Kier alpha value is -1.36. The Bertz CT molecular complexity index is 762. The van der Waals surface area contributed by atoms with Crippen LogP contribution in [0.2, 0.25) is 4.34 Å². The molecule has 3 aromatic rings. The predicted molar refractivity (Wildman–Crippen MR) is 78.9 cm³/mol. The SMILES string of the molecule is Cc1c(C(O)Cc2ccc(Cl)s2)oc2ccc(F)cc12. The van der Waals surface area contributed by atoms with Gasteiger partial charge in [0.15, 0.2) is 0 Å². The highest BCUT2D eigenvalue weighted by molar-refractivity contribution is 7.16. The lowest BCUT2D eigenvalue weighted by atomic mass is 10.1. The van der Waals surface area contributed by atoms with Gasteiger partial charge >= 0.3 is 0 Å². The lowest BCUT2D eigenvalue weighted by Gasteiger charge is -2.07. The van der Waals surface area contributed by atoms with E-state index in [1.807, 2.05) is 13.0 Å². The van der Waals surface area contributed by atoms with Gasteiger partial charge in [0.1, 0.15) is 23.3 Å². The first-order chi connectivity index (χ1) is 9.54. The first-order valence-corrected chi connectivity index (χ1v) is 7.35. The van der Waals surface area contributed by atoms with Crippen molar-refractivity contribution in [2.24, 2.45) is 0 Å². The second-order valence-electron chi connectivity index (χ2n) is 4.66. The molecule has 0 saturated carbocycles. The Morgan fingerprint density at radius 3 is 2.85 bits per heavy atom. The summed E-state index contributed by atoms with van der Waals surface area (Å²) in [6.45, 7) is 1.82. The molecule has 0 bridgehead atoms. The van der Waals surface area contributed by atoms with Gasteiger partial charge in [0.25, 0.3) is 0 Å². The molecule has 20 heavy (non-hydrogen) atoms. The Balaban J connectivity index is 1.95. The molecule has 2 aromatic heterocycles. The largest absolute Gasteiger partial charge is 0.458 e. The van der Waals surface area contributed by atoms with Crippen molar-refractivity contribution in [2.45, 2.75) is 19.4 Å². The van der Waals surface area contributed by atoms with Crippen LogP contribution in [0.1, 0.15) is 22.3 Å². The Kier molecular flexibility index (Phi) is 3.54. The number of aryl methyl sites for hydroxylation is 1. The van der Waals surface area contributed by atoms with E-state index in [0.717, 1.165) is 10.4 Å². The fourth-order valence-electron chi connectivity index (χ4n) is 2.27. The van der Waals surface area contributed by atoms with E-state index in [0.29, 0.717) is 27.5 Å². The zero-order valence-electron chi connectivity index (χ0n) is 10.7. The minimum Gasteiger partial charge on any atom is -0.458 e. The molecule has 0 amide bonds. The molecule has 0 spiro atoms. The van der Waals surface area contributed by atoms with Crippen molar-refractivity contribution in [3.05, 3.63) is 56.7 Å². The number of aliphatic hydroxyl groups is 1. The fraction of sp³-hybridized carbons (Fsp3) is 0.200. The monoisotopic (exact) mass is 310 g/mol. The van der Waals surface area contributed by atoms with Gasteiger partial charge < -0.3 is 9.52 Å². The van der Waals surface area contributed by atoms with Gasteiger partial charge in [0, 0.05) is 22.2 Å². The van der Waals surface area contributed by atoms with Crippen LogP contribution in [0.25, 0.3) is 11.0 Å². The van der Waals surface area contributed by atoms with E-state index in [2.05, 4.69) is 0 Å². The summed E-state index contributed by atoms with van der Waals surface area (Å²) in [5, 5.41) is 11.0. The summed E-state index contributed by atoms with van der Waals surface area (Å²) in [5.41, 5.74) is 1.36. The van der Waals surface area contributed by atoms with Crippen LogP contribution in [-0.2, 0) is 6.42 Å². The van der Waals surface area contributed by atoms with Crippen LogP contribution in [0.15, 0.2) is 34.7 Å². The number of benzene rings is 1. The molecule has 1 N–H and O–H groups in total. The molecule has 0 radical (unpaired) electrons. The summed E-state index contributed by atoms with van der Waals surface area (Å²) in [5.74, 6) is 0.169. The second-order valence-corrected chi connectivity index (χ2v) is 6.46. The predicted octanol–water partition coefficient (Wildman–Crippen LogP) is 4.87. The number of aliphatic hydroxyl groups excluding tert-OH is 1. The van der Waals surface area contributed by atoms with Crippen molar-refractivity contribution in [2.75, 3.05) is 0 Å². The highest BCUT2D eigenvalue weighted by Crippen LogP contribution is 2.33. The Labute approximate surface area is 124 Å². The van der Waals surface area contributed by atoms with Crippen LogP contribution in [-0.4, -0.2) is 5.11 Å². The molecule has 0 aliphatic heterocycles. The molecule has 3 rings (SSSR count). The molecular weight excluding hydrogens is 299 g/mol. The Morgan fingerprint density at radius 2 is 2.15 bits per heavy atom. The molecule has 0 saturated heterocycles. The lowest BCUT2D eigenvalue weighted by molar-refractivity contribution is 0.152. The molecule has 1 atom stereocenters. The third-order valence-electron chi connectivity index (χ3n) is 3.26. The van der Waals surface area contributed by atoms with Crippen LogP contribution < -0.4 is 0 Å². The molecule has 2 heterocycles. The molecule has 0 aliphatic rings. The zero-order valence-corrected chi connectivity index (χ0v) is 12.3. The maximum Gasteiger partial charge on any atom is 0.137 e. The van der Waals surface area contributed by atoms with Gasteiger partial charge in [0.2, 0.25) is 0 Å². The van der Waals surface area contributed by atoms with Crippen molar-refractivity contribution in [1.29, 1.82) is 0 Å². The topological polar surface area (TPSA) is 33.4 Å². The van der Waals surface area contributed by atoms with E-state index in [-0.39, 0.29) is 5.82 Å². The zero-order chi connectivity index (χ0) is 14.3. The third-order valence-corrected chi connectivity index (χ3v) is 4.51. The molecule has 1 unspecified atom stereocenters. The van der Waals surface area contributed by atoms with E-state index < -0.39 is 6.10 Å². The van der Waals surface area contributed by atoms with Crippen molar-refractivity contribution in [3.8, 4) is 0 Å². The van der Waals surface area contributed by atoms with Crippen LogP contribution in [0, 0.1) is 12.7 Å². The molecule has 0 fully saturated rings. The van der Waals surface area contributed by atoms with Crippen molar-refractivity contribution >= 4 is 33.9 Å². The highest BCUT2D eigenvalue weighted by atomic mass is 35.5. The average molecular weight is 311 g/mol. The minimum absolute atomic E-state index is 0.313. The molecule has 1 aromatic carbocycles. The minimum atomic E-state index is -0.764. The molecular formula is C15H12ClFO2S. The van der Waals surface area contributed by atoms with Crippen molar-refractivity contribution < 1.29 is 13.9 Å². The maximum absolute atomic E-state index is 13.3.